The van der Waals surface area contributed by atoms with Crippen molar-refractivity contribution in [1.82, 2.24) is 9.78 Å². The summed E-state index contributed by atoms with van der Waals surface area (Å²) in [6.07, 6.45) is 1.55. The fourth-order valence-corrected chi connectivity index (χ4v) is 2.35. The fourth-order valence-electron chi connectivity index (χ4n) is 1.85. The molecule has 0 atom stereocenters. The number of hydrogen-bond acceptors (Lipinski definition) is 4. The molecule has 1 N–H and O–H groups in total. The van der Waals surface area contributed by atoms with Crippen LogP contribution in [0.15, 0.2) is 33.7 Å². The van der Waals surface area contributed by atoms with E-state index < -0.39 is 0 Å². The summed E-state index contributed by atoms with van der Waals surface area (Å²) in [4.78, 5) is 13.4. The van der Waals surface area contributed by atoms with E-state index in [4.69, 9.17) is 0 Å². The second kappa shape index (κ2) is 6.26. The average molecular weight is 355 g/mol. The lowest BCUT2D eigenvalue weighted by Crippen LogP contribution is -2.21. The molecule has 2 aromatic rings. The van der Waals surface area contributed by atoms with Crippen LogP contribution in [-0.4, -0.2) is 23.9 Å². The van der Waals surface area contributed by atoms with Crippen molar-refractivity contribution in [3.63, 3.8) is 0 Å². The molecule has 0 saturated heterocycles. The zero-order chi connectivity index (χ0) is 15.6. The maximum Gasteiger partial charge on any atom is 0.282 e. The molecule has 5 nitrogen and oxygen atoms in total. The molecular weight excluding hydrogens is 339 g/mol. The molecule has 0 fully saturated rings. The van der Waals surface area contributed by atoms with Crippen molar-refractivity contribution < 1.29 is 4.39 Å². The third-order valence-corrected chi connectivity index (χ3v) is 3.82. The minimum Gasteiger partial charge on any atom is -0.379 e. The van der Waals surface area contributed by atoms with Gasteiger partial charge < -0.3 is 10.2 Å². The van der Waals surface area contributed by atoms with Crippen molar-refractivity contribution in [1.29, 1.82) is 0 Å². The molecule has 0 saturated carbocycles. The van der Waals surface area contributed by atoms with Crippen LogP contribution in [0.2, 0.25) is 0 Å². The lowest BCUT2D eigenvalue weighted by molar-refractivity contribution is 0.624. The van der Waals surface area contributed by atoms with E-state index in [0.717, 1.165) is 5.56 Å². The first kappa shape index (κ1) is 15.5. The van der Waals surface area contributed by atoms with E-state index in [2.05, 4.69) is 26.3 Å². The van der Waals surface area contributed by atoms with Gasteiger partial charge in [0.05, 0.1) is 17.6 Å². The summed E-state index contributed by atoms with van der Waals surface area (Å²) in [5, 5.41) is 7.01. The molecule has 1 heterocycles. The topological polar surface area (TPSA) is 50.2 Å². The van der Waals surface area contributed by atoms with Gasteiger partial charge in [-0.05, 0) is 33.6 Å². The Hall–Kier alpha value is -1.89. The van der Waals surface area contributed by atoms with Crippen molar-refractivity contribution >= 4 is 27.3 Å². The maximum absolute atomic E-state index is 13.9. The Morgan fingerprint density at radius 1 is 1.43 bits per heavy atom. The molecule has 0 unspecified atom stereocenters. The Labute approximate surface area is 130 Å². The number of rotatable bonds is 4. The molecular formula is C14H16BrFN4O. The molecule has 21 heavy (non-hydrogen) atoms. The largest absolute Gasteiger partial charge is 0.379 e. The SMILES string of the molecule is CN(C)c1ccc(CNc2cnn(C)c(=O)c2Br)cc1F. The van der Waals surface area contributed by atoms with Gasteiger partial charge in [-0.25, -0.2) is 9.07 Å². The average Bonchev–Trinajstić information content (AvgIpc) is 2.44. The van der Waals surface area contributed by atoms with Gasteiger partial charge in [-0.1, -0.05) is 6.07 Å². The Bertz CT molecular complexity index is 715. The van der Waals surface area contributed by atoms with Crippen LogP contribution in [0.5, 0.6) is 0 Å². The van der Waals surface area contributed by atoms with Crippen molar-refractivity contribution in [3.05, 3.63) is 50.6 Å². The van der Waals surface area contributed by atoms with Crippen molar-refractivity contribution in [3.8, 4) is 0 Å². The number of benzene rings is 1. The van der Waals surface area contributed by atoms with Crippen LogP contribution in [0.3, 0.4) is 0 Å². The van der Waals surface area contributed by atoms with E-state index in [1.165, 1.54) is 10.7 Å². The first-order valence-electron chi connectivity index (χ1n) is 6.31. The van der Waals surface area contributed by atoms with Gasteiger partial charge in [-0.3, -0.25) is 4.79 Å². The Morgan fingerprint density at radius 3 is 2.76 bits per heavy atom. The zero-order valence-corrected chi connectivity index (χ0v) is 13.6. The summed E-state index contributed by atoms with van der Waals surface area (Å²) in [5.74, 6) is -0.277. The smallest absolute Gasteiger partial charge is 0.282 e. The van der Waals surface area contributed by atoms with Crippen LogP contribution < -0.4 is 15.8 Å². The van der Waals surface area contributed by atoms with Crippen LogP contribution in [-0.2, 0) is 13.6 Å². The highest BCUT2D eigenvalue weighted by Gasteiger charge is 2.08. The predicted molar refractivity (Wildman–Crippen MR) is 85.2 cm³/mol. The van der Waals surface area contributed by atoms with Crippen LogP contribution >= 0.6 is 15.9 Å². The van der Waals surface area contributed by atoms with E-state index in [1.807, 2.05) is 6.07 Å². The quantitative estimate of drug-likeness (QED) is 0.915. The fraction of sp³-hybridized carbons (Fsp3) is 0.286. The second-order valence-corrected chi connectivity index (χ2v) is 5.63. The third-order valence-electron chi connectivity index (χ3n) is 3.06. The van der Waals surface area contributed by atoms with Gasteiger partial charge in [0.15, 0.2) is 0 Å². The lowest BCUT2D eigenvalue weighted by Gasteiger charge is -2.14. The molecule has 0 bridgehead atoms. The van der Waals surface area contributed by atoms with E-state index in [1.54, 1.807) is 38.3 Å². The molecule has 1 aromatic heterocycles. The van der Waals surface area contributed by atoms with E-state index in [9.17, 15) is 9.18 Å². The Kier molecular flexibility index (Phi) is 4.62. The minimum absolute atomic E-state index is 0.228. The van der Waals surface area contributed by atoms with Crippen LogP contribution in [0, 0.1) is 5.82 Å². The molecule has 0 amide bonds. The number of aromatic nitrogens is 2. The minimum atomic E-state index is -0.277. The molecule has 0 spiro atoms. The Morgan fingerprint density at radius 2 is 2.14 bits per heavy atom. The number of anilines is 2. The molecule has 0 aliphatic rings. The zero-order valence-electron chi connectivity index (χ0n) is 12.0. The van der Waals surface area contributed by atoms with Crippen LogP contribution in [0.4, 0.5) is 15.8 Å². The number of nitrogens with one attached hydrogen (secondary N) is 1. The Balaban J connectivity index is 2.16. The van der Waals surface area contributed by atoms with Crippen LogP contribution in [0.25, 0.3) is 0 Å². The summed E-state index contributed by atoms with van der Waals surface area (Å²) in [6.45, 7) is 0.401. The van der Waals surface area contributed by atoms with Crippen molar-refractivity contribution in [2.75, 3.05) is 24.3 Å². The summed E-state index contributed by atoms with van der Waals surface area (Å²) in [5.41, 5.74) is 1.67. The van der Waals surface area contributed by atoms with Gasteiger partial charge in [0, 0.05) is 27.7 Å². The highest BCUT2D eigenvalue weighted by atomic mass is 79.9. The van der Waals surface area contributed by atoms with Crippen molar-refractivity contribution in [2.24, 2.45) is 7.05 Å². The number of aryl methyl sites for hydroxylation is 1. The van der Waals surface area contributed by atoms with E-state index in [0.29, 0.717) is 22.4 Å². The van der Waals surface area contributed by atoms with Crippen molar-refractivity contribution in [2.45, 2.75) is 6.54 Å². The van der Waals surface area contributed by atoms with Crippen LogP contribution in [0.1, 0.15) is 5.56 Å². The van der Waals surface area contributed by atoms with Gasteiger partial charge in [0.25, 0.3) is 5.56 Å². The standard InChI is InChI=1S/C14H16BrFN4O/c1-19(2)12-5-4-9(6-10(12)16)7-17-11-8-18-20(3)14(21)13(11)15/h4-6,8,17H,7H2,1-3H3. The highest BCUT2D eigenvalue weighted by Crippen LogP contribution is 2.20. The molecule has 0 aliphatic carbocycles. The predicted octanol–water partition coefficient (Wildman–Crippen LogP) is 2.36. The molecule has 112 valence electrons. The van der Waals surface area contributed by atoms with Gasteiger partial charge >= 0.3 is 0 Å². The normalized spacial score (nSPS) is 10.5. The number of nitrogens with zero attached hydrogens (tertiary/aromatic N) is 3. The molecule has 2 rings (SSSR count). The lowest BCUT2D eigenvalue weighted by atomic mass is 10.2. The summed E-state index contributed by atoms with van der Waals surface area (Å²) in [7, 11) is 5.16. The summed E-state index contributed by atoms with van der Waals surface area (Å²) >= 11 is 3.23. The first-order valence-corrected chi connectivity index (χ1v) is 7.11. The maximum atomic E-state index is 13.9. The number of hydrogen-bond donors (Lipinski definition) is 1. The molecule has 0 radical (unpaired) electrons. The van der Waals surface area contributed by atoms with Gasteiger partial charge in [0.1, 0.15) is 10.3 Å². The van der Waals surface area contributed by atoms with E-state index >= 15 is 0 Å². The van der Waals surface area contributed by atoms with Gasteiger partial charge in [-0.15, -0.1) is 0 Å². The summed E-state index contributed by atoms with van der Waals surface area (Å²) < 4.78 is 15.5. The highest BCUT2D eigenvalue weighted by molar-refractivity contribution is 9.10. The number of halogens is 2. The molecule has 0 aliphatic heterocycles. The molecule has 1 aromatic carbocycles. The van der Waals surface area contributed by atoms with Gasteiger partial charge in [0.2, 0.25) is 0 Å². The summed E-state index contributed by atoms with van der Waals surface area (Å²) in [6, 6.07) is 5.04. The molecule has 7 heteroatoms. The second-order valence-electron chi connectivity index (χ2n) is 4.83. The third kappa shape index (κ3) is 3.41. The van der Waals surface area contributed by atoms with E-state index in [-0.39, 0.29) is 11.4 Å². The monoisotopic (exact) mass is 354 g/mol. The van der Waals surface area contributed by atoms with Gasteiger partial charge in [-0.2, -0.15) is 5.10 Å². The first-order chi connectivity index (χ1) is 9.90.